The third-order valence-electron chi connectivity index (χ3n) is 4.72. The average molecular weight is 362 g/mol. The Morgan fingerprint density at radius 1 is 1.42 bits per heavy atom. The topological polar surface area (TPSA) is 78.9 Å². The Morgan fingerprint density at radius 2 is 2.12 bits per heavy atom. The number of methoxy groups -OCH3 is 1. The maximum absolute atomic E-state index is 12.3. The summed E-state index contributed by atoms with van der Waals surface area (Å²) in [6.45, 7) is 9.20. The lowest BCUT2D eigenvalue weighted by Gasteiger charge is -2.33. The van der Waals surface area contributed by atoms with Gasteiger partial charge in [-0.05, 0) is 25.8 Å². The summed E-state index contributed by atoms with van der Waals surface area (Å²) < 4.78 is 16.7. The monoisotopic (exact) mass is 362 g/mol. The summed E-state index contributed by atoms with van der Waals surface area (Å²) in [7, 11) is 1.44. The quantitative estimate of drug-likeness (QED) is 0.331. The molecule has 1 saturated heterocycles. The van der Waals surface area contributed by atoms with Crippen molar-refractivity contribution in [1.29, 1.82) is 0 Å². The van der Waals surface area contributed by atoms with Crippen molar-refractivity contribution in [3.63, 3.8) is 0 Å². The van der Waals surface area contributed by atoms with E-state index in [9.17, 15) is 14.4 Å². The number of esters is 2. The molecule has 142 valence electrons. The Bertz CT molecular complexity index is 657. The predicted molar refractivity (Wildman–Crippen MR) is 95.2 cm³/mol. The van der Waals surface area contributed by atoms with Crippen LogP contribution in [0.3, 0.4) is 0 Å². The Labute approximate surface area is 153 Å². The number of carbonyl (C=O) groups excluding carboxylic acids is 3. The van der Waals surface area contributed by atoms with Crippen molar-refractivity contribution in [3.8, 4) is 0 Å². The van der Waals surface area contributed by atoms with E-state index in [1.807, 2.05) is 13.0 Å². The normalized spacial score (nSPS) is 33.4. The summed E-state index contributed by atoms with van der Waals surface area (Å²) in [6, 6.07) is 0. The highest BCUT2D eigenvalue weighted by molar-refractivity contribution is 5.91. The van der Waals surface area contributed by atoms with Crippen molar-refractivity contribution in [2.24, 2.45) is 11.8 Å². The molecule has 2 aliphatic rings. The van der Waals surface area contributed by atoms with Crippen molar-refractivity contribution in [1.82, 2.24) is 0 Å². The molecule has 0 aromatic rings. The molecule has 6 nitrogen and oxygen atoms in total. The Morgan fingerprint density at radius 3 is 2.69 bits per heavy atom. The van der Waals surface area contributed by atoms with Crippen molar-refractivity contribution in [2.75, 3.05) is 7.11 Å². The number of fused-ring (bicyclic) bond motifs is 1. The number of hydrogen-bond donors (Lipinski definition) is 0. The lowest BCUT2D eigenvalue weighted by atomic mass is 9.83. The van der Waals surface area contributed by atoms with Gasteiger partial charge in [-0.15, -0.1) is 0 Å². The highest BCUT2D eigenvalue weighted by Gasteiger charge is 2.48. The molecule has 1 heterocycles. The van der Waals surface area contributed by atoms with Crippen LogP contribution in [0.2, 0.25) is 0 Å². The Hall–Kier alpha value is -2.21. The van der Waals surface area contributed by atoms with Gasteiger partial charge >= 0.3 is 11.9 Å². The molecule has 26 heavy (non-hydrogen) atoms. The molecule has 1 fully saturated rings. The second-order valence-corrected chi connectivity index (χ2v) is 7.01. The zero-order valence-corrected chi connectivity index (χ0v) is 15.7. The molecule has 1 aliphatic carbocycles. The molecule has 0 aromatic carbocycles. The Kier molecular flexibility index (Phi) is 6.53. The number of rotatable bonds is 4. The molecule has 0 saturated carbocycles. The third kappa shape index (κ3) is 4.12. The van der Waals surface area contributed by atoms with Crippen LogP contribution < -0.4 is 0 Å². The minimum absolute atomic E-state index is 0.216. The maximum atomic E-state index is 12.3. The van der Waals surface area contributed by atoms with Crippen molar-refractivity contribution < 1.29 is 28.6 Å². The van der Waals surface area contributed by atoms with E-state index >= 15 is 0 Å². The van der Waals surface area contributed by atoms with Crippen molar-refractivity contribution in [3.05, 3.63) is 35.5 Å². The molecule has 0 unspecified atom stereocenters. The summed E-state index contributed by atoms with van der Waals surface area (Å²) in [5.74, 6) is -1.95. The summed E-state index contributed by atoms with van der Waals surface area (Å²) in [5.41, 5.74) is 1.62. The van der Waals surface area contributed by atoms with E-state index < -0.39 is 36.2 Å². The van der Waals surface area contributed by atoms with Crippen LogP contribution in [-0.4, -0.2) is 43.6 Å². The van der Waals surface area contributed by atoms with Gasteiger partial charge in [0.05, 0.1) is 11.8 Å². The first-order valence-electron chi connectivity index (χ1n) is 8.75. The second-order valence-electron chi connectivity index (χ2n) is 7.01. The lowest BCUT2D eigenvalue weighted by molar-refractivity contribution is -0.163. The molecule has 0 N–H and O–H groups in total. The number of allylic oxidation sites excluding steroid dienone is 2. The predicted octanol–water partition coefficient (Wildman–Crippen LogP) is 2.53. The first-order valence-corrected chi connectivity index (χ1v) is 8.75. The van der Waals surface area contributed by atoms with Crippen LogP contribution in [0.4, 0.5) is 0 Å². The SMILES string of the molecule is C=C1C(=O)O[C@H]2/C=C(\C)CC/C=C(/C=O)[C@H](OC)[C@@H](OC(=O)C(C)C)[C@H]12. The van der Waals surface area contributed by atoms with E-state index in [0.717, 1.165) is 12.0 Å². The molecule has 6 heteroatoms. The van der Waals surface area contributed by atoms with Crippen molar-refractivity contribution >= 4 is 18.2 Å². The summed E-state index contributed by atoms with van der Waals surface area (Å²) in [5, 5.41) is 0. The largest absolute Gasteiger partial charge is 0.458 e. The van der Waals surface area contributed by atoms with Crippen LogP contribution in [0.25, 0.3) is 0 Å². The van der Waals surface area contributed by atoms with E-state index in [-0.39, 0.29) is 11.5 Å². The molecule has 2 rings (SSSR count). The van der Waals surface area contributed by atoms with E-state index in [2.05, 4.69) is 6.58 Å². The van der Waals surface area contributed by atoms with Crippen LogP contribution in [0, 0.1) is 11.8 Å². The van der Waals surface area contributed by atoms with Gasteiger partial charge in [-0.2, -0.15) is 0 Å². The standard InChI is InChI=1S/C20H26O6/c1-11(2)19(22)26-18-16-13(4)20(23)25-15(16)9-12(3)7-6-8-14(10-21)17(18)24-5/h8-11,15-18H,4,6-7H2,1-3,5H3/b12-9+,14-8-/t15-,16+,17-,18-/m0/s1. The van der Waals surface area contributed by atoms with E-state index in [0.29, 0.717) is 18.3 Å². The van der Waals surface area contributed by atoms with Gasteiger partial charge in [0.2, 0.25) is 0 Å². The zero-order valence-electron chi connectivity index (χ0n) is 15.7. The van der Waals surface area contributed by atoms with Crippen LogP contribution in [0.5, 0.6) is 0 Å². The number of hydrogen-bond acceptors (Lipinski definition) is 6. The maximum Gasteiger partial charge on any atom is 0.334 e. The first kappa shape index (κ1) is 20.1. The molecule has 1 aliphatic heterocycles. The number of aldehydes is 1. The van der Waals surface area contributed by atoms with Gasteiger partial charge in [0, 0.05) is 18.3 Å². The average Bonchev–Trinajstić information content (AvgIpc) is 2.86. The molecule has 0 spiro atoms. The minimum atomic E-state index is -0.891. The van der Waals surface area contributed by atoms with Gasteiger partial charge in [0.15, 0.2) is 0 Å². The van der Waals surface area contributed by atoms with Gasteiger partial charge < -0.3 is 14.2 Å². The van der Waals surface area contributed by atoms with E-state index in [1.54, 1.807) is 19.9 Å². The van der Waals surface area contributed by atoms with Crippen LogP contribution in [0.15, 0.2) is 35.5 Å². The molecular formula is C20H26O6. The second kappa shape index (κ2) is 8.45. The van der Waals surface area contributed by atoms with E-state index in [1.165, 1.54) is 7.11 Å². The fraction of sp³-hybridized carbons (Fsp3) is 0.550. The van der Waals surface area contributed by atoms with Gasteiger partial charge in [0.1, 0.15) is 24.6 Å². The zero-order chi connectivity index (χ0) is 19.4. The summed E-state index contributed by atoms with van der Waals surface area (Å²) in [6.07, 6.45) is 3.41. The lowest BCUT2D eigenvalue weighted by Crippen LogP contribution is -2.44. The first-order chi connectivity index (χ1) is 12.3. The minimum Gasteiger partial charge on any atom is -0.458 e. The fourth-order valence-electron chi connectivity index (χ4n) is 3.24. The van der Waals surface area contributed by atoms with Gasteiger partial charge in [-0.1, -0.05) is 32.1 Å². The van der Waals surface area contributed by atoms with Gasteiger partial charge in [-0.3, -0.25) is 9.59 Å². The molecule has 0 bridgehead atoms. The number of ether oxygens (including phenoxy) is 3. The molecule has 4 atom stereocenters. The molecular weight excluding hydrogens is 336 g/mol. The van der Waals surface area contributed by atoms with Crippen LogP contribution >= 0.6 is 0 Å². The highest BCUT2D eigenvalue weighted by Crippen LogP contribution is 2.37. The van der Waals surface area contributed by atoms with Crippen molar-refractivity contribution in [2.45, 2.75) is 51.9 Å². The number of carbonyl (C=O) groups is 3. The summed E-state index contributed by atoms with van der Waals surface area (Å²) in [4.78, 5) is 36.1. The highest BCUT2D eigenvalue weighted by atomic mass is 16.6. The summed E-state index contributed by atoms with van der Waals surface area (Å²) >= 11 is 0. The van der Waals surface area contributed by atoms with E-state index in [4.69, 9.17) is 14.2 Å². The molecule has 0 radical (unpaired) electrons. The fourth-order valence-corrected chi connectivity index (χ4v) is 3.24. The van der Waals surface area contributed by atoms with Gasteiger partial charge in [-0.25, -0.2) is 4.79 Å². The Balaban J connectivity index is 2.55. The molecule has 0 aromatic heterocycles. The van der Waals surface area contributed by atoms with Crippen LogP contribution in [0.1, 0.15) is 33.6 Å². The molecule has 0 amide bonds. The third-order valence-corrected chi connectivity index (χ3v) is 4.72. The smallest absolute Gasteiger partial charge is 0.334 e. The van der Waals surface area contributed by atoms with Gasteiger partial charge in [0.25, 0.3) is 0 Å². The van der Waals surface area contributed by atoms with Crippen LogP contribution in [-0.2, 0) is 28.6 Å².